The predicted molar refractivity (Wildman–Crippen MR) is 97.0 cm³/mol. The lowest BCUT2D eigenvalue weighted by Gasteiger charge is -2.13. The summed E-state index contributed by atoms with van der Waals surface area (Å²) in [6, 6.07) is 5.93. The van der Waals surface area contributed by atoms with Crippen LogP contribution in [-0.4, -0.2) is 41.1 Å². The quantitative estimate of drug-likeness (QED) is 0.518. The van der Waals surface area contributed by atoms with Crippen molar-refractivity contribution < 1.29 is 17.9 Å². The molecule has 2 rings (SSSR count). The fraction of sp³-hybridized carbons (Fsp3) is 0.500. The van der Waals surface area contributed by atoms with Crippen LogP contribution in [0.5, 0.6) is 0 Å². The van der Waals surface area contributed by atoms with Crippen LogP contribution >= 0.6 is 0 Å². The van der Waals surface area contributed by atoms with E-state index in [-0.39, 0.29) is 10.8 Å². The van der Waals surface area contributed by atoms with Gasteiger partial charge < -0.3 is 10.1 Å². The molecule has 1 aromatic rings. The van der Waals surface area contributed by atoms with E-state index in [9.17, 15) is 13.2 Å². The molecule has 1 aromatic carbocycles. The van der Waals surface area contributed by atoms with Crippen LogP contribution in [-0.2, 0) is 14.8 Å². The number of methoxy groups -OCH3 is 1. The Kier molecular flexibility index (Phi) is 7.61. The summed E-state index contributed by atoms with van der Waals surface area (Å²) >= 11 is 0. The fourth-order valence-corrected chi connectivity index (χ4v) is 3.75. The zero-order chi connectivity index (χ0) is 18.1. The zero-order valence-electron chi connectivity index (χ0n) is 14.6. The van der Waals surface area contributed by atoms with Crippen molar-refractivity contribution in [3.05, 3.63) is 41.5 Å². The Labute approximate surface area is 149 Å². The van der Waals surface area contributed by atoms with E-state index < -0.39 is 10.0 Å². The van der Waals surface area contributed by atoms with Crippen molar-refractivity contribution in [3.8, 4) is 0 Å². The van der Waals surface area contributed by atoms with Crippen molar-refractivity contribution in [2.75, 3.05) is 26.8 Å². The van der Waals surface area contributed by atoms with Crippen LogP contribution in [0.1, 0.15) is 42.5 Å². The van der Waals surface area contributed by atoms with Crippen molar-refractivity contribution in [1.29, 1.82) is 0 Å². The molecular weight excluding hydrogens is 340 g/mol. The van der Waals surface area contributed by atoms with Gasteiger partial charge in [-0.25, -0.2) is 13.1 Å². The highest BCUT2D eigenvalue weighted by Crippen LogP contribution is 2.19. The predicted octanol–water partition coefficient (Wildman–Crippen LogP) is 2.23. The summed E-state index contributed by atoms with van der Waals surface area (Å²) in [7, 11) is -1.99. The molecule has 0 spiro atoms. The van der Waals surface area contributed by atoms with Gasteiger partial charge in [-0.15, -0.1) is 0 Å². The number of hydrogen-bond acceptors (Lipinski definition) is 4. The van der Waals surface area contributed by atoms with Gasteiger partial charge in [-0.05, 0) is 56.4 Å². The summed E-state index contributed by atoms with van der Waals surface area (Å²) in [5, 5.41) is 2.69. The first-order valence-corrected chi connectivity index (χ1v) is 10.1. The van der Waals surface area contributed by atoms with Crippen molar-refractivity contribution in [1.82, 2.24) is 10.0 Å². The standard InChI is InChI=1S/C18H26N2O4S/c1-24-14-13-19-18(21)16-7-9-17(10-8-16)25(22,23)20-12-11-15-5-3-2-4-6-15/h5,7-10,20H,2-4,6,11-14H2,1H3,(H,19,21). The molecule has 7 heteroatoms. The van der Waals surface area contributed by atoms with Crippen molar-refractivity contribution in [2.45, 2.75) is 37.0 Å². The highest BCUT2D eigenvalue weighted by Gasteiger charge is 2.15. The Hall–Kier alpha value is -1.70. The van der Waals surface area contributed by atoms with E-state index in [2.05, 4.69) is 16.1 Å². The van der Waals surface area contributed by atoms with E-state index in [0.29, 0.717) is 25.3 Å². The summed E-state index contributed by atoms with van der Waals surface area (Å²) in [6.45, 7) is 1.23. The minimum Gasteiger partial charge on any atom is -0.383 e. The molecule has 2 N–H and O–H groups in total. The lowest BCUT2D eigenvalue weighted by molar-refractivity contribution is 0.0937. The van der Waals surface area contributed by atoms with Gasteiger partial charge in [-0.2, -0.15) is 0 Å². The van der Waals surface area contributed by atoms with Crippen LogP contribution < -0.4 is 10.0 Å². The second kappa shape index (κ2) is 9.70. The van der Waals surface area contributed by atoms with Crippen LogP contribution in [0.15, 0.2) is 40.8 Å². The maximum atomic E-state index is 12.3. The molecule has 0 aliphatic heterocycles. The van der Waals surface area contributed by atoms with Crippen LogP contribution in [0.2, 0.25) is 0 Å². The van der Waals surface area contributed by atoms with E-state index in [1.807, 2.05) is 0 Å². The van der Waals surface area contributed by atoms with Gasteiger partial charge in [0.05, 0.1) is 11.5 Å². The molecule has 0 fully saturated rings. The minimum absolute atomic E-state index is 0.165. The highest BCUT2D eigenvalue weighted by atomic mass is 32.2. The van der Waals surface area contributed by atoms with Gasteiger partial charge in [0.1, 0.15) is 0 Å². The number of rotatable bonds is 9. The topological polar surface area (TPSA) is 84.5 Å². The van der Waals surface area contributed by atoms with Crippen molar-refractivity contribution in [3.63, 3.8) is 0 Å². The number of hydrogen-bond donors (Lipinski definition) is 2. The Balaban J connectivity index is 1.88. The molecule has 0 saturated carbocycles. The van der Waals surface area contributed by atoms with E-state index >= 15 is 0 Å². The molecule has 0 atom stereocenters. The number of amides is 1. The highest BCUT2D eigenvalue weighted by molar-refractivity contribution is 7.89. The molecule has 0 bridgehead atoms. The van der Waals surface area contributed by atoms with Gasteiger partial charge >= 0.3 is 0 Å². The van der Waals surface area contributed by atoms with Crippen LogP contribution in [0.3, 0.4) is 0 Å². The van der Waals surface area contributed by atoms with Gasteiger partial charge in [0.2, 0.25) is 10.0 Å². The third kappa shape index (κ3) is 6.26. The minimum atomic E-state index is -3.55. The summed E-state index contributed by atoms with van der Waals surface area (Å²) < 4.78 is 32.1. The van der Waals surface area contributed by atoms with Gasteiger partial charge in [-0.1, -0.05) is 11.6 Å². The molecule has 0 heterocycles. The first-order chi connectivity index (χ1) is 12.0. The normalized spacial score (nSPS) is 14.8. The molecule has 0 unspecified atom stereocenters. The number of ether oxygens (including phenoxy) is 1. The monoisotopic (exact) mass is 366 g/mol. The van der Waals surface area contributed by atoms with Gasteiger partial charge in [0.15, 0.2) is 0 Å². The average molecular weight is 366 g/mol. The first-order valence-electron chi connectivity index (χ1n) is 8.58. The van der Waals surface area contributed by atoms with Crippen LogP contribution in [0, 0.1) is 0 Å². The molecule has 0 saturated heterocycles. The Bertz CT molecular complexity index is 696. The number of carbonyl (C=O) groups is 1. The number of allylic oxidation sites excluding steroid dienone is 1. The SMILES string of the molecule is COCCNC(=O)c1ccc(S(=O)(=O)NCCC2=CCCCC2)cc1. The Morgan fingerprint density at radius 3 is 2.56 bits per heavy atom. The molecule has 1 aliphatic carbocycles. The molecule has 1 amide bonds. The Morgan fingerprint density at radius 1 is 1.16 bits per heavy atom. The number of carbonyl (C=O) groups excluding carboxylic acids is 1. The molecule has 138 valence electrons. The average Bonchev–Trinajstić information content (AvgIpc) is 2.63. The number of sulfonamides is 1. The van der Waals surface area contributed by atoms with E-state index in [1.54, 1.807) is 7.11 Å². The van der Waals surface area contributed by atoms with Gasteiger partial charge in [-0.3, -0.25) is 4.79 Å². The number of benzene rings is 1. The van der Waals surface area contributed by atoms with E-state index in [1.165, 1.54) is 42.7 Å². The van der Waals surface area contributed by atoms with E-state index in [4.69, 9.17) is 4.74 Å². The molecule has 6 nitrogen and oxygen atoms in total. The molecule has 0 radical (unpaired) electrons. The third-order valence-electron chi connectivity index (χ3n) is 4.14. The molecule has 1 aliphatic rings. The third-order valence-corrected chi connectivity index (χ3v) is 5.62. The largest absolute Gasteiger partial charge is 0.383 e. The lowest BCUT2D eigenvalue weighted by Crippen LogP contribution is -2.27. The lowest BCUT2D eigenvalue weighted by atomic mass is 9.97. The van der Waals surface area contributed by atoms with Crippen molar-refractivity contribution >= 4 is 15.9 Å². The Morgan fingerprint density at radius 2 is 1.92 bits per heavy atom. The molecule has 0 aromatic heterocycles. The second-order valence-corrected chi connectivity index (χ2v) is 7.80. The maximum Gasteiger partial charge on any atom is 0.251 e. The smallest absolute Gasteiger partial charge is 0.251 e. The summed E-state index contributed by atoms with van der Waals surface area (Å²) in [5.74, 6) is -0.252. The first kappa shape index (κ1) is 19.6. The summed E-state index contributed by atoms with van der Waals surface area (Å²) in [6.07, 6.45) is 7.53. The number of nitrogens with one attached hydrogen (secondary N) is 2. The maximum absolute atomic E-state index is 12.3. The van der Waals surface area contributed by atoms with Gasteiger partial charge in [0, 0.05) is 25.8 Å². The second-order valence-electron chi connectivity index (χ2n) is 6.03. The summed E-state index contributed by atoms with van der Waals surface area (Å²) in [4.78, 5) is 12.1. The zero-order valence-corrected chi connectivity index (χ0v) is 15.4. The van der Waals surface area contributed by atoms with Crippen LogP contribution in [0.25, 0.3) is 0 Å². The van der Waals surface area contributed by atoms with Crippen LogP contribution in [0.4, 0.5) is 0 Å². The fourth-order valence-electron chi connectivity index (χ4n) is 2.72. The van der Waals surface area contributed by atoms with Crippen molar-refractivity contribution in [2.24, 2.45) is 0 Å². The molecular formula is C18H26N2O4S. The summed E-state index contributed by atoms with van der Waals surface area (Å²) in [5.41, 5.74) is 1.75. The van der Waals surface area contributed by atoms with Gasteiger partial charge in [0.25, 0.3) is 5.91 Å². The van der Waals surface area contributed by atoms with E-state index in [0.717, 1.165) is 19.3 Å². The molecule has 25 heavy (non-hydrogen) atoms.